The van der Waals surface area contributed by atoms with Crippen molar-refractivity contribution in [2.75, 3.05) is 31.7 Å². The van der Waals surface area contributed by atoms with Crippen LogP contribution in [0, 0.1) is 0 Å². The van der Waals surface area contributed by atoms with Crippen LogP contribution in [0.15, 0.2) is 0 Å². The van der Waals surface area contributed by atoms with Gasteiger partial charge in [0.05, 0.1) is 12.4 Å². The van der Waals surface area contributed by atoms with E-state index in [1.165, 1.54) is 4.90 Å². The predicted molar refractivity (Wildman–Crippen MR) is 61.5 cm³/mol. The fourth-order valence-electron chi connectivity index (χ4n) is 1.51. The maximum atomic E-state index is 11.5. The third kappa shape index (κ3) is 5.67. The fraction of sp³-hybridized carbons (Fsp3) is 0.800. The number of amides is 1. The molecule has 0 aromatic carbocycles. The highest BCUT2D eigenvalue weighted by molar-refractivity contribution is 7.90. The molecule has 0 spiro atoms. The second-order valence-corrected chi connectivity index (χ2v) is 6.38. The molecule has 98 valence electrons. The SMILES string of the molecule is CS(=O)(=O)CCCOC(=O)N1CCC(=O)CC1. The zero-order valence-corrected chi connectivity index (χ0v) is 10.7. The van der Waals surface area contributed by atoms with Crippen LogP contribution >= 0.6 is 0 Å². The minimum absolute atomic E-state index is 0.0127. The van der Waals surface area contributed by atoms with E-state index in [1.54, 1.807) is 0 Å². The van der Waals surface area contributed by atoms with Gasteiger partial charge >= 0.3 is 6.09 Å². The molecule has 6 nitrogen and oxygen atoms in total. The Hall–Kier alpha value is -1.11. The number of rotatable bonds is 4. The van der Waals surface area contributed by atoms with E-state index in [0.29, 0.717) is 32.4 Å². The molecule has 0 aromatic heterocycles. The number of piperidine rings is 1. The van der Waals surface area contributed by atoms with E-state index in [9.17, 15) is 18.0 Å². The first-order valence-corrected chi connectivity index (χ1v) is 7.55. The van der Waals surface area contributed by atoms with E-state index >= 15 is 0 Å². The minimum atomic E-state index is -3.00. The molecule has 0 saturated carbocycles. The lowest BCUT2D eigenvalue weighted by atomic mass is 10.1. The first-order chi connectivity index (χ1) is 7.88. The van der Waals surface area contributed by atoms with Crippen molar-refractivity contribution in [3.63, 3.8) is 0 Å². The summed E-state index contributed by atoms with van der Waals surface area (Å²) in [7, 11) is -3.00. The Balaban J connectivity index is 2.19. The highest BCUT2D eigenvalue weighted by atomic mass is 32.2. The fourth-order valence-corrected chi connectivity index (χ4v) is 2.15. The quantitative estimate of drug-likeness (QED) is 0.678. The van der Waals surface area contributed by atoms with Gasteiger partial charge in [0.25, 0.3) is 0 Å². The van der Waals surface area contributed by atoms with Crippen LogP contribution in [-0.2, 0) is 19.4 Å². The molecule has 0 N–H and O–H groups in total. The summed E-state index contributed by atoms with van der Waals surface area (Å²) in [4.78, 5) is 23.9. The highest BCUT2D eigenvalue weighted by Crippen LogP contribution is 2.07. The monoisotopic (exact) mass is 263 g/mol. The van der Waals surface area contributed by atoms with Crippen LogP contribution in [-0.4, -0.2) is 56.9 Å². The number of Topliss-reactive ketones (excluding diaryl/α,β-unsaturated/α-hetero) is 1. The summed E-state index contributed by atoms with van der Waals surface area (Å²) in [5, 5.41) is 0. The lowest BCUT2D eigenvalue weighted by Crippen LogP contribution is -2.39. The van der Waals surface area contributed by atoms with E-state index < -0.39 is 15.9 Å². The van der Waals surface area contributed by atoms with Crippen LogP contribution in [0.25, 0.3) is 0 Å². The molecule has 0 bridgehead atoms. The number of ether oxygens (including phenoxy) is 1. The van der Waals surface area contributed by atoms with Crippen molar-refractivity contribution in [1.29, 1.82) is 0 Å². The Kier molecular flexibility index (Phi) is 4.92. The van der Waals surface area contributed by atoms with Crippen LogP contribution in [0.3, 0.4) is 0 Å². The molecule has 7 heteroatoms. The minimum Gasteiger partial charge on any atom is -0.449 e. The normalized spacial score (nSPS) is 17.0. The Bertz CT molecular complexity index is 380. The van der Waals surface area contributed by atoms with Crippen LogP contribution < -0.4 is 0 Å². The second-order valence-electron chi connectivity index (χ2n) is 4.12. The molecule has 0 atom stereocenters. The average Bonchev–Trinajstić information content (AvgIpc) is 2.24. The average molecular weight is 263 g/mol. The predicted octanol–water partition coefficient (Wildman–Crippen LogP) is 0.223. The van der Waals surface area contributed by atoms with Crippen molar-refractivity contribution in [2.24, 2.45) is 0 Å². The highest BCUT2D eigenvalue weighted by Gasteiger charge is 2.21. The molecule has 17 heavy (non-hydrogen) atoms. The Morgan fingerprint density at radius 2 is 1.94 bits per heavy atom. The Morgan fingerprint density at radius 1 is 1.35 bits per heavy atom. The molecular formula is C10H17NO5S. The van der Waals surface area contributed by atoms with Gasteiger partial charge in [-0.25, -0.2) is 13.2 Å². The maximum Gasteiger partial charge on any atom is 0.409 e. The van der Waals surface area contributed by atoms with Gasteiger partial charge < -0.3 is 9.64 Å². The van der Waals surface area contributed by atoms with Crippen molar-refractivity contribution >= 4 is 21.7 Å². The van der Waals surface area contributed by atoms with Gasteiger partial charge in [-0.2, -0.15) is 0 Å². The molecule has 1 amide bonds. The van der Waals surface area contributed by atoms with E-state index in [1.807, 2.05) is 0 Å². The lowest BCUT2D eigenvalue weighted by molar-refractivity contribution is -0.121. The van der Waals surface area contributed by atoms with Crippen molar-refractivity contribution < 1.29 is 22.7 Å². The maximum absolute atomic E-state index is 11.5. The van der Waals surface area contributed by atoms with Gasteiger partial charge in [0.2, 0.25) is 0 Å². The van der Waals surface area contributed by atoms with E-state index in [4.69, 9.17) is 4.74 Å². The van der Waals surface area contributed by atoms with Crippen LogP contribution in [0.4, 0.5) is 4.79 Å². The molecule has 1 fully saturated rings. The van der Waals surface area contributed by atoms with Gasteiger partial charge in [-0.3, -0.25) is 4.79 Å². The summed E-state index contributed by atoms with van der Waals surface area (Å²) >= 11 is 0. The summed E-state index contributed by atoms with van der Waals surface area (Å²) in [6.07, 6.45) is 1.73. The summed E-state index contributed by atoms with van der Waals surface area (Å²) in [6.45, 7) is 0.879. The van der Waals surface area contributed by atoms with Gasteiger partial charge in [0.1, 0.15) is 15.6 Å². The lowest BCUT2D eigenvalue weighted by Gasteiger charge is -2.25. The molecular weight excluding hydrogens is 246 g/mol. The van der Waals surface area contributed by atoms with Crippen molar-refractivity contribution in [3.8, 4) is 0 Å². The van der Waals surface area contributed by atoms with E-state index in [-0.39, 0.29) is 18.1 Å². The number of hydrogen-bond donors (Lipinski definition) is 0. The van der Waals surface area contributed by atoms with Crippen LogP contribution in [0.2, 0.25) is 0 Å². The van der Waals surface area contributed by atoms with E-state index in [0.717, 1.165) is 6.26 Å². The van der Waals surface area contributed by atoms with Crippen molar-refractivity contribution in [3.05, 3.63) is 0 Å². The standard InChI is InChI=1S/C10H17NO5S/c1-17(14,15)8-2-7-16-10(13)11-5-3-9(12)4-6-11/h2-8H2,1H3. The number of hydrogen-bond acceptors (Lipinski definition) is 5. The third-order valence-electron chi connectivity index (χ3n) is 2.46. The molecule has 0 unspecified atom stereocenters. The Labute approximate surface area is 101 Å². The first-order valence-electron chi connectivity index (χ1n) is 5.49. The topological polar surface area (TPSA) is 80.8 Å². The smallest absolute Gasteiger partial charge is 0.409 e. The second kappa shape index (κ2) is 6.00. The largest absolute Gasteiger partial charge is 0.449 e. The van der Waals surface area contributed by atoms with E-state index in [2.05, 4.69) is 0 Å². The van der Waals surface area contributed by atoms with Crippen molar-refractivity contribution in [1.82, 2.24) is 4.90 Å². The van der Waals surface area contributed by atoms with Crippen LogP contribution in [0.5, 0.6) is 0 Å². The molecule has 1 aliphatic heterocycles. The number of sulfone groups is 1. The third-order valence-corrected chi connectivity index (χ3v) is 3.49. The van der Waals surface area contributed by atoms with Gasteiger partial charge in [0.15, 0.2) is 0 Å². The number of nitrogens with zero attached hydrogens (tertiary/aromatic N) is 1. The van der Waals surface area contributed by atoms with Crippen molar-refractivity contribution in [2.45, 2.75) is 19.3 Å². The molecule has 1 aliphatic rings. The summed E-state index contributed by atoms with van der Waals surface area (Å²) in [6, 6.07) is 0. The molecule has 1 saturated heterocycles. The number of ketones is 1. The number of carbonyl (C=O) groups excluding carboxylic acids is 2. The summed E-state index contributed by atoms with van der Waals surface area (Å²) in [5.74, 6) is 0.171. The number of likely N-dealkylation sites (tertiary alicyclic amines) is 1. The molecule has 0 aromatic rings. The molecule has 1 rings (SSSR count). The molecule has 0 radical (unpaired) electrons. The van der Waals surface area contributed by atoms with Crippen LogP contribution in [0.1, 0.15) is 19.3 Å². The van der Waals surface area contributed by atoms with Gasteiger partial charge in [-0.1, -0.05) is 0 Å². The Morgan fingerprint density at radius 3 is 2.47 bits per heavy atom. The number of carbonyl (C=O) groups is 2. The summed E-state index contributed by atoms with van der Waals surface area (Å²) in [5.41, 5.74) is 0. The zero-order valence-electron chi connectivity index (χ0n) is 9.85. The summed E-state index contributed by atoms with van der Waals surface area (Å²) < 4.78 is 26.6. The van der Waals surface area contributed by atoms with Gasteiger partial charge in [0, 0.05) is 32.2 Å². The van der Waals surface area contributed by atoms with Gasteiger partial charge in [-0.05, 0) is 6.42 Å². The first kappa shape index (κ1) is 14.0. The molecule has 1 heterocycles. The zero-order chi connectivity index (χ0) is 12.9. The molecule has 0 aliphatic carbocycles. The van der Waals surface area contributed by atoms with Gasteiger partial charge in [-0.15, -0.1) is 0 Å².